The SMILES string of the molecule is CCC1CCN(c2cc(C)cc(N)c2)CC1. The number of benzene rings is 1. The Bertz CT molecular complexity index is 332. The van der Waals surface area contributed by atoms with E-state index in [1.54, 1.807) is 0 Å². The minimum absolute atomic E-state index is 0.882. The van der Waals surface area contributed by atoms with Crippen LogP contribution in [-0.4, -0.2) is 13.1 Å². The van der Waals surface area contributed by atoms with E-state index >= 15 is 0 Å². The fourth-order valence-corrected chi connectivity index (χ4v) is 2.57. The van der Waals surface area contributed by atoms with E-state index in [9.17, 15) is 0 Å². The minimum Gasteiger partial charge on any atom is -0.399 e. The van der Waals surface area contributed by atoms with Crippen molar-refractivity contribution >= 4 is 11.4 Å². The van der Waals surface area contributed by atoms with Crippen LogP contribution < -0.4 is 10.6 Å². The zero-order valence-electron chi connectivity index (χ0n) is 10.4. The lowest BCUT2D eigenvalue weighted by atomic mass is 9.94. The van der Waals surface area contributed by atoms with Gasteiger partial charge in [0.1, 0.15) is 0 Å². The van der Waals surface area contributed by atoms with Gasteiger partial charge in [-0.05, 0) is 49.4 Å². The molecule has 16 heavy (non-hydrogen) atoms. The minimum atomic E-state index is 0.882. The Morgan fingerprint density at radius 2 is 1.94 bits per heavy atom. The first-order chi connectivity index (χ1) is 7.69. The van der Waals surface area contributed by atoms with Gasteiger partial charge in [-0.2, -0.15) is 0 Å². The summed E-state index contributed by atoms with van der Waals surface area (Å²) in [7, 11) is 0. The monoisotopic (exact) mass is 218 g/mol. The highest BCUT2D eigenvalue weighted by atomic mass is 15.1. The van der Waals surface area contributed by atoms with Crippen LogP contribution in [0.5, 0.6) is 0 Å². The second-order valence-corrected chi connectivity index (χ2v) is 4.94. The van der Waals surface area contributed by atoms with Crippen LogP contribution in [-0.2, 0) is 0 Å². The smallest absolute Gasteiger partial charge is 0.0389 e. The van der Waals surface area contributed by atoms with Crippen molar-refractivity contribution in [2.24, 2.45) is 5.92 Å². The van der Waals surface area contributed by atoms with Crippen LogP contribution in [0.4, 0.5) is 11.4 Å². The third-order valence-electron chi connectivity index (χ3n) is 3.64. The standard InChI is InChI=1S/C14H22N2/c1-3-12-4-6-16(7-5-12)14-9-11(2)8-13(15)10-14/h8-10,12H,3-7,15H2,1-2H3. The second-order valence-electron chi connectivity index (χ2n) is 4.94. The van der Waals surface area contributed by atoms with Crippen molar-refractivity contribution in [2.45, 2.75) is 33.1 Å². The van der Waals surface area contributed by atoms with E-state index in [1.165, 1.54) is 43.6 Å². The molecule has 0 spiro atoms. The highest BCUT2D eigenvalue weighted by molar-refractivity contribution is 5.58. The highest BCUT2D eigenvalue weighted by Crippen LogP contribution is 2.27. The molecule has 0 atom stereocenters. The summed E-state index contributed by atoms with van der Waals surface area (Å²) in [6, 6.07) is 6.37. The maximum absolute atomic E-state index is 5.89. The third kappa shape index (κ3) is 2.49. The van der Waals surface area contributed by atoms with E-state index in [0.717, 1.165) is 11.6 Å². The number of nitrogens with zero attached hydrogens (tertiary/aromatic N) is 1. The lowest BCUT2D eigenvalue weighted by Crippen LogP contribution is -2.33. The lowest BCUT2D eigenvalue weighted by Gasteiger charge is -2.33. The van der Waals surface area contributed by atoms with E-state index in [4.69, 9.17) is 5.73 Å². The van der Waals surface area contributed by atoms with Crippen LogP contribution in [0.3, 0.4) is 0 Å². The number of nitrogens with two attached hydrogens (primary N) is 1. The number of aryl methyl sites for hydroxylation is 1. The van der Waals surface area contributed by atoms with Gasteiger partial charge in [0.15, 0.2) is 0 Å². The molecule has 1 heterocycles. The van der Waals surface area contributed by atoms with Gasteiger partial charge in [0.2, 0.25) is 0 Å². The summed E-state index contributed by atoms with van der Waals surface area (Å²) in [6.07, 6.45) is 3.97. The third-order valence-corrected chi connectivity index (χ3v) is 3.64. The lowest BCUT2D eigenvalue weighted by molar-refractivity contribution is 0.395. The Morgan fingerprint density at radius 1 is 1.25 bits per heavy atom. The van der Waals surface area contributed by atoms with Crippen molar-refractivity contribution in [3.63, 3.8) is 0 Å². The molecule has 1 aromatic rings. The molecule has 0 radical (unpaired) electrons. The average Bonchev–Trinajstić information content (AvgIpc) is 2.28. The summed E-state index contributed by atoms with van der Waals surface area (Å²) in [5, 5.41) is 0. The Balaban J connectivity index is 2.08. The number of nitrogen functional groups attached to an aromatic ring is 1. The number of hydrogen-bond acceptors (Lipinski definition) is 2. The quantitative estimate of drug-likeness (QED) is 0.772. The van der Waals surface area contributed by atoms with Crippen molar-refractivity contribution in [1.29, 1.82) is 0 Å². The molecule has 1 aliphatic heterocycles. The summed E-state index contributed by atoms with van der Waals surface area (Å²) >= 11 is 0. The van der Waals surface area contributed by atoms with Crippen LogP contribution in [0.1, 0.15) is 31.7 Å². The molecule has 0 unspecified atom stereocenters. The summed E-state index contributed by atoms with van der Waals surface area (Å²) in [5.74, 6) is 0.929. The van der Waals surface area contributed by atoms with E-state index in [0.29, 0.717) is 0 Å². The molecule has 1 aromatic carbocycles. The Kier molecular flexibility index (Phi) is 3.37. The number of anilines is 2. The summed E-state index contributed by atoms with van der Waals surface area (Å²) < 4.78 is 0. The fraction of sp³-hybridized carbons (Fsp3) is 0.571. The van der Waals surface area contributed by atoms with Gasteiger partial charge in [0.05, 0.1) is 0 Å². The van der Waals surface area contributed by atoms with Crippen LogP contribution in [0.2, 0.25) is 0 Å². The molecule has 2 nitrogen and oxygen atoms in total. The molecule has 0 aromatic heterocycles. The second kappa shape index (κ2) is 4.77. The molecule has 2 heteroatoms. The number of piperidine rings is 1. The summed E-state index contributed by atoms with van der Waals surface area (Å²) in [5.41, 5.74) is 9.33. The number of rotatable bonds is 2. The van der Waals surface area contributed by atoms with Gasteiger partial charge in [-0.1, -0.05) is 13.3 Å². The molecule has 0 amide bonds. The predicted molar refractivity (Wildman–Crippen MR) is 70.8 cm³/mol. The zero-order valence-corrected chi connectivity index (χ0v) is 10.4. The topological polar surface area (TPSA) is 29.3 Å². The van der Waals surface area contributed by atoms with Crippen molar-refractivity contribution in [1.82, 2.24) is 0 Å². The van der Waals surface area contributed by atoms with Gasteiger partial charge in [-0.15, -0.1) is 0 Å². The fourth-order valence-electron chi connectivity index (χ4n) is 2.57. The predicted octanol–water partition coefficient (Wildman–Crippen LogP) is 3.20. The molecular weight excluding hydrogens is 196 g/mol. The van der Waals surface area contributed by atoms with Gasteiger partial charge < -0.3 is 10.6 Å². The van der Waals surface area contributed by atoms with Crippen molar-refractivity contribution in [3.05, 3.63) is 23.8 Å². The van der Waals surface area contributed by atoms with Crippen LogP contribution in [0.15, 0.2) is 18.2 Å². The molecular formula is C14H22N2. The zero-order chi connectivity index (χ0) is 11.5. The maximum atomic E-state index is 5.89. The largest absolute Gasteiger partial charge is 0.399 e. The first-order valence-corrected chi connectivity index (χ1v) is 6.31. The molecule has 2 rings (SSSR count). The molecule has 1 aliphatic rings. The van der Waals surface area contributed by atoms with Crippen LogP contribution in [0.25, 0.3) is 0 Å². The van der Waals surface area contributed by atoms with Gasteiger partial charge in [-0.3, -0.25) is 0 Å². The van der Waals surface area contributed by atoms with Gasteiger partial charge in [0, 0.05) is 24.5 Å². The Hall–Kier alpha value is -1.18. The van der Waals surface area contributed by atoms with Gasteiger partial charge >= 0.3 is 0 Å². The molecule has 1 fully saturated rings. The molecule has 0 aliphatic carbocycles. The van der Waals surface area contributed by atoms with Crippen molar-refractivity contribution < 1.29 is 0 Å². The van der Waals surface area contributed by atoms with E-state index in [-0.39, 0.29) is 0 Å². The van der Waals surface area contributed by atoms with E-state index < -0.39 is 0 Å². The van der Waals surface area contributed by atoms with E-state index in [2.05, 4.69) is 30.9 Å². The molecule has 2 N–H and O–H groups in total. The normalized spacial score (nSPS) is 17.8. The first-order valence-electron chi connectivity index (χ1n) is 6.31. The average molecular weight is 218 g/mol. The van der Waals surface area contributed by atoms with Crippen LogP contribution >= 0.6 is 0 Å². The van der Waals surface area contributed by atoms with Gasteiger partial charge in [0.25, 0.3) is 0 Å². The Morgan fingerprint density at radius 3 is 2.50 bits per heavy atom. The summed E-state index contributed by atoms with van der Waals surface area (Å²) in [4.78, 5) is 2.47. The highest BCUT2D eigenvalue weighted by Gasteiger charge is 2.18. The van der Waals surface area contributed by atoms with E-state index in [1.807, 2.05) is 6.07 Å². The van der Waals surface area contributed by atoms with Crippen LogP contribution in [0, 0.1) is 12.8 Å². The van der Waals surface area contributed by atoms with Crippen molar-refractivity contribution in [3.8, 4) is 0 Å². The summed E-state index contributed by atoms with van der Waals surface area (Å²) in [6.45, 7) is 6.77. The molecule has 88 valence electrons. The molecule has 0 saturated carbocycles. The molecule has 0 bridgehead atoms. The van der Waals surface area contributed by atoms with Gasteiger partial charge in [-0.25, -0.2) is 0 Å². The first kappa shape index (κ1) is 11.3. The number of hydrogen-bond donors (Lipinski definition) is 1. The maximum Gasteiger partial charge on any atom is 0.0389 e. The molecule has 1 saturated heterocycles. The Labute approximate surface area is 98.4 Å². The van der Waals surface area contributed by atoms with Crippen molar-refractivity contribution in [2.75, 3.05) is 23.7 Å².